The number of nitrogens with one attached hydrogen (secondary N) is 1. The van der Waals surface area contributed by atoms with E-state index in [1.807, 2.05) is 55.1 Å². The fourth-order valence-electron chi connectivity index (χ4n) is 3.38. The Morgan fingerprint density at radius 1 is 1.10 bits per heavy atom. The summed E-state index contributed by atoms with van der Waals surface area (Å²) in [6.07, 6.45) is 0. The Morgan fingerprint density at radius 2 is 1.76 bits per heavy atom. The van der Waals surface area contributed by atoms with Crippen molar-refractivity contribution < 1.29 is 13.2 Å². The molecule has 1 atom stereocenters. The van der Waals surface area contributed by atoms with Gasteiger partial charge in [0, 0.05) is 36.9 Å². The van der Waals surface area contributed by atoms with Crippen LogP contribution in [-0.4, -0.2) is 55.8 Å². The maximum atomic E-state index is 12.7. The third-order valence-corrected chi connectivity index (χ3v) is 7.33. The first-order valence-electron chi connectivity index (χ1n) is 9.59. The van der Waals surface area contributed by atoms with Crippen LogP contribution in [0.1, 0.15) is 18.1 Å². The second-order valence-electron chi connectivity index (χ2n) is 7.30. The van der Waals surface area contributed by atoms with Crippen LogP contribution in [0, 0.1) is 6.92 Å². The summed E-state index contributed by atoms with van der Waals surface area (Å²) in [6, 6.07) is 14.2. The van der Waals surface area contributed by atoms with Crippen LogP contribution in [0.3, 0.4) is 0 Å². The van der Waals surface area contributed by atoms with E-state index in [1.54, 1.807) is 12.1 Å². The number of aryl methyl sites for hydroxylation is 1. The first-order chi connectivity index (χ1) is 13.8. The summed E-state index contributed by atoms with van der Waals surface area (Å²) in [5, 5.41) is 3.49. The van der Waals surface area contributed by atoms with Gasteiger partial charge < -0.3 is 5.32 Å². The van der Waals surface area contributed by atoms with Crippen molar-refractivity contribution in [2.24, 2.45) is 0 Å². The van der Waals surface area contributed by atoms with Crippen molar-refractivity contribution in [3.8, 4) is 0 Å². The summed E-state index contributed by atoms with van der Waals surface area (Å²) in [4.78, 5) is 14.7. The Balaban J connectivity index is 1.56. The summed E-state index contributed by atoms with van der Waals surface area (Å²) in [6.45, 7) is 5.52. The highest BCUT2D eigenvalue weighted by molar-refractivity contribution is 7.88. The molecule has 3 rings (SSSR count). The van der Waals surface area contributed by atoms with E-state index in [0.717, 1.165) is 11.1 Å². The predicted molar refractivity (Wildman–Crippen MR) is 116 cm³/mol. The van der Waals surface area contributed by atoms with E-state index in [2.05, 4.69) is 5.32 Å². The highest BCUT2D eigenvalue weighted by Crippen LogP contribution is 2.21. The monoisotopic (exact) mass is 435 g/mol. The van der Waals surface area contributed by atoms with Crippen molar-refractivity contribution >= 4 is 33.2 Å². The first-order valence-corrected chi connectivity index (χ1v) is 11.6. The van der Waals surface area contributed by atoms with Gasteiger partial charge in [-0.05, 0) is 37.1 Å². The van der Waals surface area contributed by atoms with Crippen molar-refractivity contribution in [3.05, 3.63) is 64.7 Å². The Morgan fingerprint density at radius 3 is 2.41 bits per heavy atom. The quantitative estimate of drug-likeness (QED) is 0.756. The molecule has 1 aliphatic heterocycles. The van der Waals surface area contributed by atoms with Crippen LogP contribution in [0.2, 0.25) is 5.02 Å². The number of amides is 1. The van der Waals surface area contributed by atoms with Crippen molar-refractivity contribution in [1.29, 1.82) is 0 Å². The number of carbonyl (C=O) groups is 1. The van der Waals surface area contributed by atoms with Gasteiger partial charge >= 0.3 is 0 Å². The van der Waals surface area contributed by atoms with E-state index in [4.69, 9.17) is 11.6 Å². The van der Waals surface area contributed by atoms with Crippen molar-refractivity contribution in [2.75, 3.05) is 31.5 Å². The van der Waals surface area contributed by atoms with Crippen LogP contribution in [0.15, 0.2) is 48.5 Å². The van der Waals surface area contributed by atoms with Crippen molar-refractivity contribution in [2.45, 2.75) is 25.6 Å². The molecule has 2 aromatic rings. The highest BCUT2D eigenvalue weighted by Gasteiger charge is 2.31. The van der Waals surface area contributed by atoms with Crippen LogP contribution in [0.5, 0.6) is 0 Å². The lowest BCUT2D eigenvalue weighted by Gasteiger charge is -2.36. The molecule has 0 aliphatic carbocycles. The van der Waals surface area contributed by atoms with Crippen molar-refractivity contribution in [3.63, 3.8) is 0 Å². The van der Waals surface area contributed by atoms with Crippen LogP contribution in [-0.2, 0) is 20.6 Å². The van der Waals surface area contributed by atoms with Crippen LogP contribution in [0.25, 0.3) is 0 Å². The molecule has 1 aliphatic rings. The SMILES string of the molecule is Cc1ccc(Cl)cc1NC(=O)[C@@H](C)N1CCN(S(=O)(=O)Cc2ccccc2)CC1. The minimum Gasteiger partial charge on any atom is -0.324 e. The minimum absolute atomic E-state index is 0.00206. The number of rotatable bonds is 6. The Bertz CT molecular complexity index is 958. The predicted octanol–water partition coefficient (Wildman–Crippen LogP) is 3.12. The molecule has 0 spiro atoms. The summed E-state index contributed by atoms with van der Waals surface area (Å²) < 4.78 is 26.9. The summed E-state index contributed by atoms with van der Waals surface area (Å²) in [5.74, 6) is -0.131. The van der Waals surface area contributed by atoms with E-state index in [0.29, 0.717) is 36.9 Å². The Hall–Kier alpha value is -1.93. The number of carbonyl (C=O) groups excluding carboxylic acids is 1. The van der Waals surface area contributed by atoms with Gasteiger partial charge in [0.2, 0.25) is 15.9 Å². The molecule has 0 radical (unpaired) electrons. The highest BCUT2D eigenvalue weighted by atomic mass is 35.5. The van der Waals surface area contributed by atoms with Gasteiger partial charge in [-0.3, -0.25) is 9.69 Å². The van der Waals surface area contributed by atoms with Gasteiger partial charge in [-0.25, -0.2) is 8.42 Å². The van der Waals surface area contributed by atoms with E-state index in [-0.39, 0.29) is 17.7 Å². The number of hydrogen-bond donors (Lipinski definition) is 1. The number of halogens is 1. The largest absolute Gasteiger partial charge is 0.324 e. The minimum atomic E-state index is -3.37. The number of hydrogen-bond acceptors (Lipinski definition) is 4. The van der Waals surface area contributed by atoms with Gasteiger partial charge in [-0.1, -0.05) is 48.0 Å². The molecular weight excluding hydrogens is 410 g/mol. The molecule has 2 aromatic carbocycles. The van der Waals surface area contributed by atoms with E-state index in [1.165, 1.54) is 4.31 Å². The van der Waals surface area contributed by atoms with Gasteiger partial charge in [0.1, 0.15) is 0 Å². The third-order valence-electron chi connectivity index (χ3n) is 5.24. The second-order valence-corrected chi connectivity index (χ2v) is 9.71. The fourth-order valence-corrected chi connectivity index (χ4v) is 5.07. The molecule has 1 fully saturated rings. The Kier molecular flexibility index (Phi) is 6.95. The maximum absolute atomic E-state index is 12.7. The smallest absolute Gasteiger partial charge is 0.241 e. The van der Waals surface area contributed by atoms with Crippen molar-refractivity contribution in [1.82, 2.24) is 9.21 Å². The number of benzene rings is 2. The number of piperazine rings is 1. The maximum Gasteiger partial charge on any atom is 0.241 e. The molecule has 156 valence electrons. The molecule has 8 heteroatoms. The average Bonchev–Trinajstić information content (AvgIpc) is 2.70. The van der Waals surface area contributed by atoms with Crippen LogP contribution >= 0.6 is 11.6 Å². The number of sulfonamides is 1. The lowest BCUT2D eigenvalue weighted by Crippen LogP contribution is -2.54. The van der Waals surface area contributed by atoms with Gasteiger partial charge in [0.15, 0.2) is 0 Å². The number of anilines is 1. The first kappa shape index (κ1) is 21.8. The summed E-state index contributed by atoms with van der Waals surface area (Å²) in [5.41, 5.74) is 2.41. The zero-order chi connectivity index (χ0) is 21.0. The van der Waals surface area contributed by atoms with E-state index in [9.17, 15) is 13.2 Å². The molecule has 1 heterocycles. The topological polar surface area (TPSA) is 69.7 Å². The lowest BCUT2D eigenvalue weighted by atomic mass is 10.1. The second kappa shape index (κ2) is 9.26. The zero-order valence-corrected chi connectivity index (χ0v) is 18.2. The standard InChI is InChI=1S/C21H26ClN3O3S/c1-16-8-9-19(22)14-20(16)23-21(26)17(2)24-10-12-25(13-11-24)29(27,28)15-18-6-4-3-5-7-18/h3-9,14,17H,10-13,15H2,1-2H3,(H,23,26)/t17-/m1/s1. The van der Waals surface area contributed by atoms with Gasteiger partial charge in [0.25, 0.3) is 0 Å². The zero-order valence-electron chi connectivity index (χ0n) is 16.6. The molecule has 6 nitrogen and oxygen atoms in total. The van der Waals surface area contributed by atoms with Crippen LogP contribution in [0.4, 0.5) is 5.69 Å². The molecule has 0 aromatic heterocycles. The van der Waals surface area contributed by atoms with Gasteiger partial charge in [0.05, 0.1) is 11.8 Å². The normalized spacial score (nSPS) is 17.1. The average molecular weight is 436 g/mol. The van der Waals surface area contributed by atoms with E-state index < -0.39 is 10.0 Å². The molecule has 1 amide bonds. The molecule has 0 unspecified atom stereocenters. The summed E-state index contributed by atoms with van der Waals surface area (Å²) in [7, 11) is -3.37. The molecule has 0 bridgehead atoms. The lowest BCUT2D eigenvalue weighted by molar-refractivity contribution is -0.121. The fraction of sp³-hybridized carbons (Fsp3) is 0.381. The molecular formula is C21H26ClN3O3S. The molecule has 1 saturated heterocycles. The van der Waals surface area contributed by atoms with E-state index >= 15 is 0 Å². The molecule has 29 heavy (non-hydrogen) atoms. The van der Waals surface area contributed by atoms with Crippen LogP contribution < -0.4 is 5.32 Å². The van der Waals surface area contributed by atoms with Gasteiger partial charge in [-0.15, -0.1) is 0 Å². The summed E-state index contributed by atoms with van der Waals surface area (Å²) >= 11 is 6.02. The third kappa shape index (κ3) is 5.57. The van der Waals surface area contributed by atoms with Gasteiger partial charge in [-0.2, -0.15) is 4.31 Å². The number of nitrogens with zero attached hydrogens (tertiary/aromatic N) is 2. The molecule has 1 N–H and O–H groups in total. The molecule has 0 saturated carbocycles. The Labute approximate surface area is 177 Å².